The van der Waals surface area contributed by atoms with E-state index in [0.29, 0.717) is 11.6 Å². The van der Waals surface area contributed by atoms with Crippen LogP contribution in [0.5, 0.6) is 0 Å². The third-order valence-corrected chi connectivity index (χ3v) is 4.75. The molecule has 0 amide bonds. The zero-order valence-electron chi connectivity index (χ0n) is 14.4. The molecule has 6 heteroatoms. The Morgan fingerprint density at radius 1 is 1.29 bits per heavy atom. The Kier molecular flexibility index (Phi) is 4.63. The van der Waals surface area contributed by atoms with E-state index in [-0.39, 0.29) is 17.0 Å². The van der Waals surface area contributed by atoms with Crippen LogP contribution in [0, 0.1) is 0 Å². The highest BCUT2D eigenvalue weighted by Crippen LogP contribution is 2.31. The highest BCUT2D eigenvalue weighted by molar-refractivity contribution is 6.33. The van der Waals surface area contributed by atoms with Crippen LogP contribution in [-0.2, 0) is 12.0 Å². The summed E-state index contributed by atoms with van der Waals surface area (Å²) in [6.45, 7) is 7.80. The summed E-state index contributed by atoms with van der Waals surface area (Å²) < 4.78 is 1.60. The Morgan fingerprint density at radius 3 is 2.79 bits per heavy atom. The third kappa shape index (κ3) is 3.46. The van der Waals surface area contributed by atoms with Crippen LogP contribution in [0.15, 0.2) is 35.4 Å². The summed E-state index contributed by atoms with van der Waals surface area (Å²) in [6.07, 6.45) is 5.52. The number of halogens is 1. The van der Waals surface area contributed by atoms with E-state index in [1.54, 1.807) is 23.1 Å². The zero-order chi connectivity index (χ0) is 17.3. The van der Waals surface area contributed by atoms with Crippen molar-refractivity contribution in [2.45, 2.75) is 51.6 Å². The van der Waals surface area contributed by atoms with E-state index in [9.17, 15) is 4.79 Å². The van der Waals surface area contributed by atoms with E-state index in [2.05, 4.69) is 35.8 Å². The Balaban J connectivity index is 1.88. The highest BCUT2D eigenvalue weighted by atomic mass is 35.5. The zero-order valence-corrected chi connectivity index (χ0v) is 15.1. The molecular formula is C18H23ClN4O. The van der Waals surface area contributed by atoms with Crippen LogP contribution in [0.2, 0.25) is 5.02 Å². The van der Waals surface area contributed by atoms with Gasteiger partial charge in [0.25, 0.3) is 5.56 Å². The number of rotatable bonds is 3. The molecule has 0 N–H and O–H groups in total. The van der Waals surface area contributed by atoms with Crippen molar-refractivity contribution in [3.63, 3.8) is 0 Å². The summed E-state index contributed by atoms with van der Waals surface area (Å²) in [4.78, 5) is 18.6. The van der Waals surface area contributed by atoms with Crippen molar-refractivity contribution in [3.05, 3.63) is 51.7 Å². The Labute approximate surface area is 147 Å². The summed E-state index contributed by atoms with van der Waals surface area (Å²) in [7, 11) is 0. The fourth-order valence-corrected chi connectivity index (χ4v) is 3.35. The van der Waals surface area contributed by atoms with Crippen LogP contribution in [-0.4, -0.2) is 27.4 Å². The second-order valence-corrected chi connectivity index (χ2v) is 7.71. The molecule has 2 aromatic rings. The molecule has 0 aliphatic carbocycles. The van der Waals surface area contributed by atoms with E-state index in [4.69, 9.17) is 11.6 Å². The maximum absolute atomic E-state index is 12.2. The molecule has 3 rings (SSSR count). The molecule has 0 saturated carbocycles. The molecule has 1 aliphatic rings. The van der Waals surface area contributed by atoms with Gasteiger partial charge in [0.15, 0.2) is 0 Å². The second-order valence-electron chi connectivity index (χ2n) is 7.31. The van der Waals surface area contributed by atoms with Crippen molar-refractivity contribution in [3.8, 4) is 0 Å². The van der Waals surface area contributed by atoms with E-state index in [0.717, 1.165) is 30.8 Å². The maximum atomic E-state index is 12.2. The van der Waals surface area contributed by atoms with Crippen LogP contribution < -0.4 is 10.5 Å². The lowest BCUT2D eigenvalue weighted by molar-refractivity contribution is 0.457. The van der Waals surface area contributed by atoms with E-state index < -0.39 is 0 Å². The number of pyridine rings is 1. The molecule has 1 aliphatic heterocycles. The van der Waals surface area contributed by atoms with Gasteiger partial charge < -0.3 is 4.90 Å². The van der Waals surface area contributed by atoms with Crippen LogP contribution in [0.4, 0.5) is 5.69 Å². The molecule has 1 atom stereocenters. The minimum atomic E-state index is -0.0841. The van der Waals surface area contributed by atoms with E-state index in [1.165, 1.54) is 0 Å². The molecule has 0 spiro atoms. The molecule has 1 saturated heterocycles. The minimum Gasteiger partial charge on any atom is -0.365 e. The van der Waals surface area contributed by atoms with E-state index >= 15 is 0 Å². The van der Waals surface area contributed by atoms with Gasteiger partial charge in [0.2, 0.25) is 0 Å². The largest absolute Gasteiger partial charge is 0.365 e. The van der Waals surface area contributed by atoms with Crippen LogP contribution >= 0.6 is 11.6 Å². The molecule has 0 radical (unpaired) electrons. The molecule has 0 bridgehead atoms. The fraction of sp³-hybridized carbons (Fsp3) is 0.500. The summed E-state index contributed by atoms with van der Waals surface area (Å²) in [5, 5.41) is 5.24. The van der Waals surface area contributed by atoms with Gasteiger partial charge in [0, 0.05) is 36.5 Å². The Bertz CT molecular complexity index is 781. The number of anilines is 1. The average Bonchev–Trinajstić information content (AvgIpc) is 2.97. The van der Waals surface area contributed by atoms with Crippen molar-refractivity contribution in [1.29, 1.82) is 0 Å². The molecule has 3 heterocycles. The first-order valence-electron chi connectivity index (χ1n) is 8.31. The van der Waals surface area contributed by atoms with Gasteiger partial charge >= 0.3 is 0 Å². The van der Waals surface area contributed by atoms with Crippen molar-refractivity contribution in [1.82, 2.24) is 14.8 Å². The molecule has 0 aromatic carbocycles. The summed E-state index contributed by atoms with van der Waals surface area (Å²) in [6, 6.07) is 5.59. The van der Waals surface area contributed by atoms with Crippen molar-refractivity contribution in [2.24, 2.45) is 0 Å². The SMILES string of the molecule is CC(C)(C)c1ccc(=O)n(CC2CCCN2c2ccncc2Cl)n1. The van der Waals surface area contributed by atoms with E-state index in [1.807, 2.05) is 12.1 Å². The molecular weight excluding hydrogens is 324 g/mol. The number of aromatic nitrogens is 3. The van der Waals surface area contributed by atoms with Crippen molar-refractivity contribution in [2.75, 3.05) is 11.4 Å². The standard InChI is InChI=1S/C18H23ClN4O/c1-18(2,3)16-6-7-17(24)23(21-16)12-13-5-4-10-22(13)15-8-9-20-11-14(15)19/h6-9,11,13H,4-5,10,12H2,1-3H3. The maximum Gasteiger partial charge on any atom is 0.266 e. The monoisotopic (exact) mass is 346 g/mol. The van der Waals surface area contributed by atoms with Crippen LogP contribution in [0.1, 0.15) is 39.3 Å². The Hall–Kier alpha value is -1.88. The topological polar surface area (TPSA) is 51.0 Å². The second kappa shape index (κ2) is 6.55. The van der Waals surface area contributed by atoms with Gasteiger partial charge in [0.05, 0.1) is 22.9 Å². The van der Waals surface area contributed by atoms with Gasteiger partial charge in [0.1, 0.15) is 0 Å². The average molecular weight is 347 g/mol. The van der Waals surface area contributed by atoms with Gasteiger partial charge in [-0.2, -0.15) is 5.10 Å². The summed E-state index contributed by atoms with van der Waals surface area (Å²) in [5.41, 5.74) is 1.76. The first-order valence-corrected chi connectivity index (χ1v) is 8.69. The smallest absolute Gasteiger partial charge is 0.266 e. The van der Waals surface area contributed by atoms with Gasteiger partial charge in [-0.05, 0) is 25.0 Å². The number of hydrogen-bond donors (Lipinski definition) is 0. The number of hydrogen-bond acceptors (Lipinski definition) is 4. The lowest BCUT2D eigenvalue weighted by Crippen LogP contribution is -2.38. The quantitative estimate of drug-likeness (QED) is 0.856. The van der Waals surface area contributed by atoms with Crippen LogP contribution in [0.25, 0.3) is 0 Å². The third-order valence-electron chi connectivity index (χ3n) is 4.46. The predicted octanol–water partition coefficient (Wildman–Crippen LogP) is 3.26. The highest BCUT2D eigenvalue weighted by Gasteiger charge is 2.27. The first kappa shape index (κ1) is 17.0. The van der Waals surface area contributed by atoms with Gasteiger partial charge in [-0.15, -0.1) is 0 Å². The normalized spacial score (nSPS) is 18.2. The molecule has 1 unspecified atom stereocenters. The van der Waals surface area contributed by atoms with Gasteiger partial charge in [-0.25, -0.2) is 4.68 Å². The van der Waals surface area contributed by atoms with Crippen molar-refractivity contribution >= 4 is 17.3 Å². The van der Waals surface area contributed by atoms with Gasteiger partial charge in [-0.3, -0.25) is 9.78 Å². The van der Waals surface area contributed by atoms with Crippen molar-refractivity contribution < 1.29 is 0 Å². The summed E-state index contributed by atoms with van der Waals surface area (Å²) >= 11 is 6.30. The predicted molar refractivity (Wildman–Crippen MR) is 96.8 cm³/mol. The summed E-state index contributed by atoms with van der Waals surface area (Å²) in [5.74, 6) is 0. The van der Waals surface area contributed by atoms with Gasteiger partial charge in [-0.1, -0.05) is 32.4 Å². The molecule has 24 heavy (non-hydrogen) atoms. The molecule has 1 fully saturated rings. The van der Waals surface area contributed by atoms with Crippen LogP contribution in [0.3, 0.4) is 0 Å². The molecule has 5 nitrogen and oxygen atoms in total. The molecule has 128 valence electrons. The molecule has 2 aromatic heterocycles. The first-order chi connectivity index (χ1) is 11.4. The fourth-order valence-electron chi connectivity index (χ4n) is 3.12. The Morgan fingerprint density at radius 2 is 2.08 bits per heavy atom. The number of nitrogens with zero attached hydrogens (tertiary/aromatic N) is 4. The lowest BCUT2D eigenvalue weighted by atomic mass is 9.92. The lowest BCUT2D eigenvalue weighted by Gasteiger charge is -2.28. The minimum absolute atomic E-state index is 0.0596.